The summed E-state index contributed by atoms with van der Waals surface area (Å²) >= 11 is 1.39. The zero-order valence-electron chi connectivity index (χ0n) is 23.5. The highest BCUT2D eigenvalue weighted by atomic mass is 32.1. The van der Waals surface area contributed by atoms with Crippen molar-refractivity contribution in [3.63, 3.8) is 0 Å². The van der Waals surface area contributed by atoms with Gasteiger partial charge in [-0.2, -0.15) is 0 Å². The number of aromatic nitrogens is 1. The van der Waals surface area contributed by atoms with E-state index in [4.69, 9.17) is 0 Å². The number of anilines is 1. The second kappa shape index (κ2) is 13.5. The van der Waals surface area contributed by atoms with Crippen LogP contribution in [0, 0.1) is 6.92 Å². The van der Waals surface area contributed by atoms with Crippen LogP contribution in [0.4, 0.5) is 5.69 Å². The molecule has 11 heteroatoms. The Morgan fingerprint density at radius 3 is 2.48 bits per heavy atom. The number of benzene rings is 2. The van der Waals surface area contributed by atoms with Crippen molar-refractivity contribution in [2.45, 2.75) is 26.9 Å². The first kappa shape index (κ1) is 29.2. The van der Waals surface area contributed by atoms with Crippen molar-refractivity contribution in [2.24, 2.45) is 0 Å². The molecule has 0 radical (unpaired) electrons. The van der Waals surface area contributed by atoms with E-state index in [-0.39, 0.29) is 30.8 Å². The zero-order chi connectivity index (χ0) is 28.6. The number of aryl methyl sites for hydroxylation is 1. The minimum atomic E-state index is -0.231. The summed E-state index contributed by atoms with van der Waals surface area (Å²) in [5.41, 5.74) is 5.43. The van der Waals surface area contributed by atoms with Crippen LogP contribution in [0.5, 0.6) is 0 Å². The van der Waals surface area contributed by atoms with E-state index < -0.39 is 0 Å². The molecule has 212 valence electrons. The molecule has 3 amide bonds. The number of hydrogen-bond acceptors (Lipinski definition) is 8. The number of hydrogen-bond donors (Lipinski definition) is 3. The Morgan fingerprint density at radius 1 is 1.07 bits per heavy atom. The Hall–Kier alpha value is -3.80. The van der Waals surface area contributed by atoms with E-state index in [0.717, 1.165) is 28.4 Å². The van der Waals surface area contributed by atoms with Crippen LogP contribution in [0.3, 0.4) is 0 Å². The first-order valence-corrected chi connectivity index (χ1v) is 14.3. The van der Waals surface area contributed by atoms with Crippen LogP contribution in [0.2, 0.25) is 0 Å². The summed E-state index contributed by atoms with van der Waals surface area (Å²) in [7, 11) is 3.34. The molecular weight excluding hydrogens is 526 g/mol. The van der Waals surface area contributed by atoms with Gasteiger partial charge in [-0.3, -0.25) is 19.4 Å². The molecule has 0 bridgehead atoms. The quantitative estimate of drug-likeness (QED) is 0.291. The van der Waals surface area contributed by atoms with Crippen molar-refractivity contribution in [1.82, 2.24) is 30.5 Å². The topological polar surface area (TPSA) is 110 Å². The maximum absolute atomic E-state index is 13.3. The molecule has 0 unspecified atom stereocenters. The molecule has 40 heavy (non-hydrogen) atoms. The second-order valence-corrected chi connectivity index (χ2v) is 10.5. The molecular formula is C29H37N7O3S. The third kappa shape index (κ3) is 7.04. The summed E-state index contributed by atoms with van der Waals surface area (Å²) < 4.78 is 0. The van der Waals surface area contributed by atoms with Crippen molar-refractivity contribution in [3.05, 3.63) is 70.2 Å². The highest BCUT2D eigenvalue weighted by Crippen LogP contribution is 2.28. The molecule has 4 rings (SSSR count). The molecule has 0 saturated carbocycles. The number of nitrogens with zero attached hydrogens (tertiary/aromatic N) is 4. The summed E-state index contributed by atoms with van der Waals surface area (Å²) in [4.78, 5) is 44.5. The van der Waals surface area contributed by atoms with Crippen LogP contribution in [-0.4, -0.2) is 84.4 Å². The Morgan fingerprint density at radius 2 is 1.80 bits per heavy atom. The molecule has 1 aromatic heterocycles. The largest absolute Gasteiger partial charge is 0.376 e. The molecule has 1 aliphatic rings. The van der Waals surface area contributed by atoms with E-state index in [1.54, 1.807) is 29.4 Å². The van der Waals surface area contributed by atoms with Crippen LogP contribution < -0.4 is 16.0 Å². The van der Waals surface area contributed by atoms with Gasteiger partial charge < -0.3 is 20.9 Å². The Balaban J connectivity index is 1.40. The lowest BCUT2D eigenvalue weighted by molar-refractivity contribution is -0.151. The third-order valence-corrected chi connectivity index (χ3v) is 7.87. The average molecular weight is 564 g/mol. The lowest BCUT2D eigenvalue weighted by Crippen LogP contribution is -2.49. The molecule has 0 atom stereocenters. The van der Waals surface area contributed by atoms with E-state index in [1.807, 2.05) is 49.2 Å². The number of fused-ring (bicyclic) bond motifs is 1. The number of carbonyl (C=O) groups is 3. The van der Waals surface area contributed by atoms with E-state index in [1.165, 1.54) is 22.5 Å². The van der Waals surface area contributed by atoms with Gasteiger partial charge in [-0.25, -0.2) is 9.99 Å². The first-order valence-electron chi connectivity index (χ1n) is 13.4. The number of nitrogens with one attached hydrogen (secondary N) is 3. The van der Waals surface area contributed by atoms with Gasteiger partial charge in [-0.15, -0.1) is 11.3 Å². The Bertz CT molecular complexity index is 1330. The molecule has 3 N–H and O–H groups in total. The van der Waals surface area contributed by atoms with Crippen LogP contribution in [0.1, 0.15) is 34.1 Å². The Labute approximate surface area is 239 Å². The van der Waals surface area contributed by atoms with Crippen molar-refractivity contribution < 1.29 is 14.4 Å². The van der Waals surface area contributed by atoms with Gasteiger partial charge in [0.15, 0.2) is 0 Å². The molecule has 2 heterocycles. The predicted molar refractivity (Wildman–Crippen MR) is 158 cm³/mol. The maximum atomic E-state index is 13.3. The molecule has 3 aromatic rings. The highest BCUT2D eigenvalue weighted by Gasteiger charge is 2.27. The first-order chi connectivity index (χ1) is 19.3. The van der Waals surface area contributed by atoms with E-state index in [0.29, 0.717) is 31.9 Å². The molecule has 0 fully saturated rings. The van der Waals surface area contributed by atoms with Crippen LogP contribution >= 0.6 is 11.3 Å². The fourth-order valence-corrected chi connectivity index (χ4v) is 5.30. The predicted octanol–water partition coefficient (Wildman–Crippen LogP) is 2.72. The zero-order valence-corrected chi connectivity index (χ0v) is 24.3. The van der Waals surface area contributed by atoms with Gasteiger partial charge in [0.2, 0.25) is 5.91 Å². The number of hydrazine groups is 1. The van der Waals surface area contributed by atoms with Gasteiger partial charge in [0.1, 0.15) is 17.2 Å². The van der Waals surface area contributed by atoms with Gasteiger partial charge >= 0.3 is 0 Å². The number of amides is 3. The Kier molecular flexibility index (Phi) is 9.86. The summed E-state index contributed by atoms with van der Waals surface area (Å²) in [6.07, 6.45) is 0. The van der Waals surface area contributed by atoms with E-state index in [9.17, 15) is 14.4 Å². The van der Waals surface area contributed by atoms with Gasteiger partial charge in [0.05, 0.1) is 6.54 Å². The van der Waals surface area contributed by atoms with Gasteiger partial charge in [-0.05, 0) is 36.2 Å². The van der Waals surface area contributed by atoms with Gasteiger partial charge in [-0.1, -0.05) is 43.3 Å². The van der Waals surface area contributed by atoms with Crippen molar-refractivity contribution in [2.75, 3.05) is 52.1 Å². The fraction of sp³-hybridized carbons (Fsp3) is 0.379. The molecule has 10 nitrogen and oxygen atoms in total. The number of thiazole rings is 1. The van der Waals surface area contributed by atoms with Gasteiger partial charge in [0, 0.05) is 56.9 Å². The monoisotopic (exact) mass is 563 g/mol. The van der Waals surface area contributed by atoms with Crippen molar-refractivity contribution >= 4 is 34.7 Å². The van der Waals surface area contributed by atoms with Crippen LogP contribution in [-0.2, 0) is 22.7 Å². The van der Waals surface area contributed by atoms with Crippen molar-refractivity contribution in [3.8, 4) is 10.6 Å². The highest BCUT2D eigenvalue weighted by molar-refractivity contribution is 7.13. The summed E-state index contributed by atoms with van der Waals surface area (Å²) in [6, 6.07) is 14.0. The van der Waals surface area contributed by atoms with E-state index >= 15 is 0 Å². The minimum Gasteiger partial charge on any atom is -0.376 e. The lowest BCUT2D eigenvalue weighted by Gasteiger charge is -2.31. The molecule has 1 aliphatic heterocycles. The van der Waals surface area contributed by atoms with Crippen molar-refractivity contribution in [1.29, 1.82) is 0 Å². The van der Waals surface area contributed by atoms with Crippen LogP contribution in [0.15, 0.2) is 47.8 Å². The molecule has 2 aromatic carbocycles. The normalized spacial score (nSPS) is 12.6. The van der Waals surface area contributed by atoms with Gasteiger partial charge in [0.25, 0.3) is 11.8 Å². The lowest BCUT2D eigenvalue weighted by atomic mass is 10.1. The molecule has 0 saturated heterocycles. The summed E-state index contributed by atoms with van der Waals surface area (Å²) in [5, 5.41) is 15.2. The summed E-state index contributed by atoms with van der Waals surface area (Å²) in [5.74, 6) is -0.525. The number of rotatable bonds is 12. The third-order valence-electron chi connectivity index (χ3n) is 6.98. The molecule has 0 spiro atoms. The summed E-state index contributed by atoms with van der Waals surface area (Å²) in [6.45, 7) is 7.16. The standard InChI is InChI=1S/C29H37N7O3S/c1-5-31-12-13-35(18-27(38)34(4)36-16-22-8-6-7-9-23(22)17-36)26(37)15-32-24-14-21(11-10-20(24)2)29-33-25(19-40-29)28(39)30-3/h6-11,14,19,31-32H,5,12-13,15-18H2,1-4H3,(H,30,39). The second-order valence-electron chi connectivity index (χ2n) is 9.68. The number of likely N-dealkylation sites (N-methyl/N-ethyl adjacent to an activating group) is 2. The number of carbonyl (C=O) groups excluding carboxylic acids is 3. The average Bonchev–Trinajstić information content (AvgIpc) is 3.63. The van der Waals surface area contributed by atoms with E-state index in [2.05, 4.69) is 33.1 Å². The minimum absolute atomic E-state index is 0.00431. The maximum Gasteiger partial charge on any atom is 0.270 e. The fourth-order valence-electron chi connectivity index (χ4n) is 4.50. The molecule has 0 aliphatic carbocycles. The SMILES string of the molecule is CCNCCN(CC(=O)N(C)N1Cc2ccccc2C1)C(=O)CNc1cc(-c2nc(C(=O)NC)cs2)ccc1C. The van der Waals surface area contributed by atoms with Crippen LogP contribution in [0.25, 0.3) is 10.6 Å². The smallest absolute Gasteiger partial charge is 0.270 e.